The number of nitrogen functional groups attached to an aromatic ring is 1. The van der Waals surface area contributed by atoms with E-state index < -0.39 is 10.0 Å². The smallest absolute Gasteiger partial charge is 0.244 e. The molecule has 1 aromatic heterocycles. The minimum absolute atomic E-state index is 0.0146. The maximum absolute atomic E-state index is 12.2. The molecule has 0 saturated carbocycles. The lowest BCUT2D eigenvalue weighted by Gasteiger charge is -2.14. The highest BCUT2D eigenvalue weighted by molar-refractivity contribution is 7.89. The number of aromatic nitrogens is 2. The van der Waals surface area contributed by atoms with Gasteiger partial charge in [0, 0.05) is 6.04 Å². The highest BCUT2D eigenvalue weighted by Gasteiger charge is 2.19. The fourth-order valence-corrected chi connectivity index (χ4v) is 2.76. The monoisotopic (exact) mass is 293 g/mol. The third-order valence-electron chi connectivity index (χ3n) is 2.70. The number of nitrogens with one attached hydrogen (secondary N) is 2. The zero-order chi connectivity index (χ0) is 14.6. The summed E-state index contributed by atoms with van der Waals surface area (Å²) in [5.41, 5.74) is 3.11. The minimum atomic E-state index is -3.68. The lowest BCUT2D eigenvalue weighted by atomic mass is 10.1. The van der Waals surface area contributed by atoms with E-state index in [0.29, 0.717) is 0 Å². The van der Waals surface area contributed by atoms with Gasteiger partial charge in [-0.3, -0.25) is 5.43 Å². The molecule has 8 heteroatoms. The molecule has 2 rings (SSSR count). The van der Waals surface area contributed by atoms with Gasteiger partial charge < -0.3 is 0 Å². The maximum Gasteiger partial charge on any atom is 0.244 e. The summed E-state index contributed by atoms with van der Waals surface area (Å²) in [7, 11) is -3.68. The fraction of sp³-hybridized carbons (Fsp3) is 0.167. The fourth-order valence-electron chi connectivity index (χ4n) is 1.64. The molecule has 0 spiro atoms. The Morgan fingerprint density at radius 1 is 1.15 bits per heavy atom. The molecule has 0 aliphatic carbocycles. The molecule has 1 aromatic carbocycles. The molecule has 0 aliphatic rings. The first-order chi connectivity index (χ1) is 9.53. The van der Waals surface area contributed by atoms with Gasteiger partial charge in [-0.05, 0) is 12.5 Å². The Balaban J connectivity index is 2.18. The number of benzene rings is 1. The number of anilines is 1. The first kappa shape index (κ1) is 14.4. The molecule has 0 bridgehead atoms. The van der Waals surface area contributed by atoms with Crippen molar-refractivity contribution in [1.82, 2.24) is 14.7 Å². The zero-order valence-electron chi connectivity index (χ0n) is 10.8. The molecule has 0 amide bonds. The molecule has 1 unspecified atom stereocenters. The Kier molecular flexibility index (Phi) is 4.28. The van der Waals surface area contributed by atoms with Gasteiger partial charge in [-0.1, -0.05) is 30.3 Å². The topological polar surface area (TPSA) is 110 Å². The number of hydrogen-bond donors (Lipinski definition) is 3. The summed E-state index contributed by atoms with van der Waals surface area (Å²) in [6.45, 7) is 1.77. The van der Waals surface area contributed by atoms with Gasteiger partial charge in [-0.2, -0.15) is 0 Å². The van der Waals surface area contributed by atoms with Crippen molar-refractivity contribution >= 4 is 16.0 Å². The van der Waals surface area contributed by atoms with E-state index in [0.717, 1.165) is 5.56 Å². The standard InChI is InChI=1S/C12H15N5O2S/c1-9(10-5-3-2-4-6-10)17-20(18,19)11-7-14-12(16-13)15-8-11/h2-9,17H,13H2,1H3,(H,14,15,16). The Labute approximate surface area is 117 Å². The van der Waals surface area contributed by atoms with E-state index in [4.69, 9.17) is 5.84 Å². The summed E-state index contributed by atoms with van der Waals surface area (Å²) in [6, 6.07) is 8.93. The van der Waals surface area contributed by atoms with E-state index in [9.17, 15) is 8.42 Å². The van der Waals surface area contributed by atoms with Crippen LogP contribution >= 0.6 is 0 Å². The van der Waals surface area contributed by atoms with Crippen molar-refractivity contribution < 1.29 is 8.42 Å². The molecular weight excluding hydrogens is 278 g/mol. The van der Waals surface area contributed by atoms with Crippen molar-refractivity contribution in [2.75, 3.05) is 5.43 Å². The maximum atomic E-state index is 12.2. The van der Waals surface area contributed by atoms with Crippen LogP contribution in [0.15, 0.2) is 47.6 Å². The quantitative estimate of drug-likeness (QED) is 0.555. The molecule has 2 aromatic rings. The zero-order valence-corrected chi connectivity index (χ0v) is 11.6. The van der Waals surface area contributed by atoms with Crippen LogP contribution in [0.5, 0.6) is 0 Å². The van der Waals surface area contributed by atoms with E-state index in [-0.39, 0.29) is 16.9 Å². The largest absolute Gasteiger partial charge is 0.292 e. The first-order valence-electron chi connectivity index (χ1n) is 5.89. The lowest BCUT2D eigenvalue weighted by Crippen LogP contribution is -2.27. The van der Waals surface area contributed by atoms with E-state index in [1.807, 2.05) is 30.3 Å². The molecule has 0 saturated heterocycles. The van der Waals surface area contributed by atoms with Crippen LogP contribution in [-0.2, 0) is 10.0 Å². The lowest BCUT2D eigenvalue weighted by molar-refractivity contribution is 0.566. The number of nitrogens with two attached hydrogens (primary N) is 1. The normalized spacial score (nSPS) is 12.9. The second kappa shape index (κ2) is 5.95. The number of sulfonamides is 1. The molecule has 7 nitrogen and oxygen atoms in total. The van der Waals surface area contributed by atoms with Crippen molar-refractivity contribution in [2.45, 2.75) is 17.9 Å². The second-order valence-electron chi connectivity index (χ2n) is 4.14. The van der Waals surface area contributed by atoms with Crippen molar-refractivity contribution in [3.8, 4) is 0 Å². The van der Waals surface area contributed by atoms with E-state index in [2.05, 4.69) is 20.1 Å². The highest BCUT2D eigenvalue weighted by atomic mass is 32.2. The molecule has 0 radical (unpaired) electrons. The number of hydrogen-bond acceptors (Lipinski definition) is 6. The summed E-state index contributed by atoms with van der Waals surface area (Å²) in [5, 5.41) is 0. The molecule has 1 atom stereocenters. The van der Waals surface area contributed by atoms with Crippen LogP contribution in [0.3, 0.4) is 0 Å². The van der Waals surface area contributed by atoms with Gasteiger partial charge in [0.25, 0.3) is 0 Å². The van der Waals surface area contributed by atoms with Gasteiger partial charge in [0.05, 0.1) is 12.4 Å². The second-order valence-corrected chi connectivity index (χ2v) is 5.85. The minimum Gasteiger partial charge on any atom is -0.292 e. The van der Waals surface area contributed by atoms with E-state index in [1.165, 1.54) is 12.4 Å². The van der Waals surface area contributed by atoms with E-state index >= 15 is 0 Å². The third kappa shape index (κ3) is 3.29. The number of nitrogens with zero attached hydrogens (tertiary/aromatic N) is 2. The van der Waals surface area contributed by atoms with Crippen LogP contribution in [0.25, 0.3) is 0 Å². The van der Waals surface area contributed by atoms with Gasteiger partial charge in [-0.25, -0.2) is 29.0 Å². The Hall–Kier alpha value is -2.03. The Bertz CT molecular complexity index is 658. The molecule has 4 N–H and O–H groups in total. The summed E-state index contributed by atoms with van der Waals surface area (Å²) >= 11 is 0. The summed E-state index contributed by atoms with van der Waals surface area (Å²) in [4.78, 5) is 7.54. The SMILES string of the molecule is CC(NS(=O)(=O)c1cnc(NN)nc1)c1ccccc1. The van der Waals surface area contributed by atoms with Gasteiger partial charge in [0.1, 0.15) is 4.90 Å². The average Bonchev–Trinajstić information content (AvgIpc) is 2.48. The van der Waals surface area contributed by atoms with Gasteiger partial charge in [-0.15, -0.1) is 0 Å². The summed E-state index contributed by atoms with van der Waals surface area (Å²) in [5.74, 6) is 5.28. The number of hydrazine groups is 1. The molecular formula is C12H15N5O2S. The van der Waals surface area contributed by atoms with Crippen LogP contribution in [-0.4, -0.2) is 18.4 Å². The van der Waals surface area contributed by atoms with Gasteiger partial charge in [0.2, 0.25) is 16.0 Å². The van der Waals surface area contributed by atoms with Crippen LogP contribution in [0.1, 0.15) is 18.5 Å². The highest BCUT2D eigenvalue weighted by Crippen LogP contribution is 2.15. The van der Waals surface area contributed by atoms with Crippen molar-refractivity contribution in [1.29, 1.82) is 0 Å². The molecule has 0 fully saturated rings. The molecule has 1 heterocycles. The summed E-state index contributed by atoms with van der Waals surface area (Å²) < 4.78 is 26.9. The predicted molar refractivity (Wildman–Crippen MR) is 75.0 cm³/mol. The van der Waals surface area contributed by atoms with E-state index in [1.54, 1.807) is 6.92 Å². The predicted octanol–water partition coefficient (Wildman–Crippen LogP) is 0.802. The number of rotatable bonds is 5. The molecule has 0 aliphatic heterocycles. The van der Waals surface area contributed by atoms with Crippen molar-refractivity contribution in [3.63, 3.8) is 0 Å². The van der Waals surface area contributed by atoms with Crippen molar-refractivity contribution in [3.05, 3.63) is 48.3 Å². The van der Waals surface area contributed by atoms with Gasteiger partial charge in [0.15, 0.2) is 0 Å². The van der Waals surface area contributed by atoms with Crippen LogP contribution < -0.4 is 16.0 Å². The molecule has 20 heavy (non-hydrogen) atoms. The Morgan fingerprint density at radius 3 is 2.30 bits per heavy atom. The van der Waals surface area contributed by atoms with Gasteiger partial charge >= 0.3 is 0 Å². The first-order valence-corrected chi connectivity index (χ1v) is 7.37. The Morgan fingerprint density at radius 2 is 1.75 bits per heavy atom. The summed E-state index contributed by atoms with van der Waals surface area (Å²) in [6.07, 6.45) is 2.39. The third-order valence-corrected chi connectivity index (χ3v) is 4.19. The van der Waals surface area contributed by atoms with Crippen molar-refractivity contribution in [2.24, 2.45) is 5.84 Å². The van der Waals surface area contributed by atoms with Crippen LogP contribution in [0.2, 0.25) is 0 Å². The van der Waals surface area contributed by atoms with Crippen LogP contribution in [0, 0.1) is 0 Å². The average molecular weight is 293 g/mol. The molecule has 106 valence electrons. The van der Waals surface area contributed by atoms with Crippen LogP contribution in [0.4, 0.5) is 5.95 Å².